The van der Waals surface area contributed by atoms with E-state index in [1.165, 1.54) is 0 Å². The highest BCUT2D eigenvalue weighted by atomic mass is 16.6. The van der Waals surface area contributed by atoms with Crippen LogP contribution < -0.4 is 19.5 Å². The number of hydrogen-bond acceptors (Lipinski definition) is 6. The van der Waals surface area contributed by atoms with Gasteiger partial charge in [-0.05, 0) is 25.8 Å². The van der Waals surface area contributed by atoms with Gasteiger partial charge in [-0.1, -0.05) is 0 Å². The number of piperidine rings is 1. The summed E-state index contributed by atoms with van der Waals surface area (Å²) in [6.45, 7) is 3.24. The summed E-state index contributed by atoms with van der Waals surface area (Å²) in [6, 6.07) is 3.44. The van der Waals surface area contributed by atoms with Crippen molar-refractivity contribution >= 4 is 22.9 Å². The standard InChI is InChI=1S/C20H27N3O6/c1-5-29-20(25)23-8-6-12(7-9-23)21-19(24)14-10-13-15(26-2)11-16(27-3)18(28-4)17(13)22-14/h10-12,22H,5-9H2,1-4H3,(H,21,24). The molecule has 0 radical (unpaired) electrons. The van der Waals surface area contributed by atoms with Gasteiger partial charge >= 0.3 is 6.09 Å². The Morgan fingerprint density at radius 2 is 1.79 bits per heavy atom. The minimum absolute atomic E-state index is 0.0158. The van der Waals surface area contributed by atoms with Crippen molar-refractivity contribution in [3.63, 3.8) is 0 Å². The fraction of sp³-hybridized carbons (Fsp3) is 0.500. The van der Waals surface area contributed by atoms with Crippen LogP contribution in [0.3, 0.4) is 0 Å². The monoisotopic (exact) mass is 405 g/mol. The lowest BCUT2D eigenvalue weighted by Crippen LogP contribution is -2.46. The lowest BCUT2D eigenvalue weighted by molar-refractivity contribution is 0.0857. The van der Waals surface area contributed by atoms with Crippen LogP contribution in [-0.4, -0.2) is 69.0 Å². The van der Waals surface area contributed by atoms with Gasteiger partial charge in [-0.25, -0.2) is 4.79 Å². The predicted molar refractivity (Wildman–Crippen MR) is 107 cm³/mol. The zero-order valence-electron chi connectivity index (χ0n) is 17.2. The molecule has 0 aliphatic carbocycles. The van der Waals surface area contributed by atoms with Gasteiger partial charge in [-0.2, -0.15) is 0 Å². The summed E-state index contributed by atoms with van der Waals surface area (Å²) in [7, 11) is 4.65. The molecule has 2 amide bonds. The first kappa shape index (κ1) is 20.6. The average Bonchev–Trinajstić information content (AvgIpc) is 3.18. The highest BCUT2D eigenvalue weighted by Gasteiger charge is 2.26. The molecule has 29 heavy (non-hydrogen) atoms. The molecule has 2 N–H and O–H groups in total. The molecule has 0 saturated carbocycles. The van der Waals surface area contributed by atoms with Gasteiger partial charge in [0, 0.05) is 30.6 Å². The number of aromatic amines is 1. The topological polar surface area (TPSA) is 102 Å². The summed E-state index contributed by atoms with van der Waals surface area (Å²) >= 11 is 0. The Kier molecular flexibility index (Phi) is 6.36. The second-order valence-electron chi connectivity index (χ2n) is 6.72. The summed E-state index contributed by atoms with van der Waals surface area (Å²) < 4.78 is 21.3. The first-order valence-electron chi connectivity index (χ1n) is 9.56. The van der Waals surface area contributed by atoms with E-state index in [1.54, 1.807) is 45.3 Å². The summed E-state index contributed by atoms with van der Waals surface area (Å²) in [4.78, 5) is 29.4. The third-order valence-corrected chi connectivity index (χ3v) is 5.04. The van der Waals surface area contributed by atoms with E-state index in [9.17, 15) is 9.59 Å². The van der Waals surface area contributed by atoms with Gasteiger partial charge < -0.3 is 34.1 Å². The fourth-order valence-electron chi connectivity index (χ4n) is 3.54. The molecular formula is C20H27N3O6. The van der Waals surface area contributed by atoms with Crippen molar-refractivity contribution in [2.24, 2.45) is 0 Å². The number of nitrogens with one attached hydrogen (secondary N) is 2. The number of methoxy groups -OCH3 is 3. The average molecular weight is 405 g/mol. The minimum Gasteiger partial charge on any atom is -0.496 e. The Bertz CT molecular complexity index is 886. The number of carbonyl (C=O) groups is 2. The number of benzene rings is 1. The van der Waals surface area contributed by atoms with E-state index in [-0.39, 0.29) is 18.0 Å². The molecule has 0 atom stereocenters. The van der Waals surface area contributed by atoms with Crippen LogP contribution in [0.5, 0.6) is 17.2 Å². The van der Waals surface area contributed by atoms with Crippen molar-refractivity contribution < 1.29 is 28.5 Å². The van der Waals surface area contributed by atoms with Gasteiger partial charge in [0.2, 0.25) is 0 Å². The van der Waals surface area contributed by atoms with Crippen molar-refractivity contribution in [3.05, 3.63) is 17.8 Å². The molecule has 0 unspecified atom stereocenters. The number of H-pyrrole nitrogens is 1. The summed E-state index contributed by atoms with van der Waals surface area (Å²) in [5, 5.41) is 3.76. The molecule has 1 aromatic carbocycles. The largest absolute Gasteiger partial charge is 0.496 e. The van der Waals surface area contributed by atoms with Crippen LogP contribution in [-0.2, 0) is 4.74 Å². The Hall–Kier alpha value is -3.10. The number of amides is 2. The van der Waals surface area contributed by atoms with Crippen LogP contribution in [0.15, 0.2) is 12.1 Å². The van der Waals surface area contributed by atoms with Gasteiger partial charge in [0.1, 0.15) is 11.4 Å². The molecule has 2 aromatic rings. The lowest BCUT2D eigenvalue weighted by Gasteiger charge is -2.31. The maximum atomic E-state index is 12.8. The Morgan fingerprint density at radius 1 is 1.10 bits per heavy atom. The molecule has 3 rings (SSSR count). The van der Waals surface area contributed by atoms with E-state index >= 15 is 0 Å². The first-order valence-corrected chi connectivity index (χ1v) is 9.56. The minimum atomic E-state index is -0.305. The summed E-state index contributed by atoms with van der Waals surface area (Å²) in [5.74, 6) is 1.37. The van der Waals surface area contributed by atoms with Gasteiger partial charge in [-0.15, -0.1) is 0 Å². The number of nitrogens with zero attached hydrogens (tertiary/aromatic N) is 1. The maximum absolute atomic E-state index is 12.8. The van der Waals surface area contributed by atoms with Crippen molar-refractivity contribution in [2.75, 3.05) is 41.0 Å². The van der Waals surface area contributed by atoms with E-state index in [1.807, 2.05) is 0 Å². The molecular weight excluding hydrogens is 378 g/mol. The van der Waals surface area contributed by atoms with Gasteiger partial charge in [0.25, 0.3) is 5.91 Å². The molecule has 0 spiro atoms. The van der Waals surface area contributed by atoms with E-state index in [0.29, 0.717) is 61.0 Å². The van der Waals surface area contributed by atoms with E-state index in [4.69, 9.17) is 18.9 Å². The van der Waals surface area contributed by atoms with Crippen molar-refractivity contribution in [1.29, 1.82) is 0 Å². The van der Waals surface area contributed by atoms with Crippen molar-refractivity contribution in [3.8, 4) is 17.2 Å². The number of rotatable bonds is 6. The number of hydrogen-bond donors (Lipinski definition) is 2. The quantitative estimate of drug-likeness (QED) is 0.766. The molecule has 9 nitrogen and oxygen atoms in total. The summed E-state index contributed by atoms with van der Waals surface area (Å²) in [6.07, 6.45) is 1.04. The molecule has 9 heteroatoms. The number of aromatic nitrogens is 1. The normalized spacial score (nSPS) is 14.6. The Morgan fingerprint density at radius 3 is 2.38 bits per heavy atom. The highest BCUT2D eigenvalue weighted by Crippen LogP contribution is 2.41. The van der Waals surface area contributed by atoms with E-state index < -0.39 is 0 Å². The van der Waals surface area contributed by atoms with Gasteiger partial charge in [-0.3, -0.25) is 4.79 Å². The molecule has 1 aromatic heterocycles. The van der Waals surface area contributed by atoms with E-state index in [2.05, 4.69) is 10.3 Å². The molecule has 1 saturated heterocycles. The molecule has 158 valence electrons. The van der Waals surface area contributed by atoms with Crippen LogP contribution in [0.2, 0.25) is 0 Å². The van der Waals surface area contributed by atoms with Gasteiger partial charge in [0.15, 0.2) is 11.5 Å². The maximum Gasteiger partial charge on any atom is 0.409 e. The van der Waals surface area contributed by atoms with Gasteiger partial charge in [0.05, 0.1) is 33.5 Å². The molecule has 2 heterocycles. The third kappa shape index (κ3) is 4.18. The van der Waals surface area contributed by atoms with Crippen LogP contribution >= 0.6 is 0 Å². The fourth-order valence-corrected chi connectivity index (χ4v) is 3.54. The smallest absolute Gasteiger partial charge is 0.409 e. The van der Waals surface area contributed by atoms with Crippen molar-refractivity contribution in [1.82, 2.24) is 15.2 Å². The molecule has 1 aliphatic rings. The Labute approximate surface area is 169 Å². The number of likely N-dealkylation sites (tertiary alicyclic amines) is 1. The Balaban J connectivity index is 1.74. The predicted octanol–water partition coefficient (Wildman–Crippen LogP) is 2.54. The van der Waals surface area contributed by atoms with Crippen LogP contribution in [0, 0.1) is 0 Å². The van der Waals surface area contributed by atoms with Crippen LogP contribution in [0.25, 0.3) is 10.9 Å². The molecule has 1 fully saturated rings. The number of ether oxygens (including phenoxy) is 4. The molecule has 0 bridgehead atoms. The SMILES string of the molecule is CCOC(=O)N1CCC(NC(=O)c2cc3c(OC)cc(OC)c(OC)c3[nH]2)CC1. The lowest BCUT2D eigenvalue weighted by atomic mass is 10.1. The van der Waals surface area contributed by atoms with Crippen molar-refractivity contribution in [2.45, 2.75) is 25.8 Å². The first-order chi connectivity index (χ1) is 14.0. The second-order valence-corrected chi connectivity index (χ2v) is 6.72. The zero-order chi connectivity index (χ0) is 21.0. The van der Waals surface area contributed by atoms with Crippen LogP contribution in [0.1, 0.15) is 30.3 Å². The van der Waals surface area contributed by atoms with E-state index in [0.717, 1.165) is 5.39 Å². The second kappa shape index (κ2) is 8.93. The highest BCUT2D eigenvalue weighted by molar-refractivity contribution is 6.02. The number of fused-ring (bicyclic) bond motifs is 1. The third-order valence-electron chi connectivity index (χ3n) is 5.04. The zero-order valence-corrected chi connectivity index (χ0v) is 17.2. The summed E-state index contributed by atoms with van der Waals surface area (Å²) in [5.41, 5.74) is 1.03. The molecule has 1 aliphatic heterocycles. The number of carbonyl (C=O) groups excluding carboxylic acids is 2. The van der Waals surface area contributed by atoms with Crippen LogP contribution in [0.4, 0.5) is 4.79 Å².